The van der Waals surface area contributed by atoms with Crippen molar-refractivity contribution in [2.24, 2.45) is 0 Å². The maximum Gasteiger partial charge on any atom is 0.338 e. The van der Waals surface area contributed by atoms with Gasteiger partial charge in [0.25, 0.3) is 5.56 Å². The maximum atomic E-state index is 12.9. The molecule has 7 heteroatoms. The zero-order chi connectivity index (χ0) is 26.0. The van der Waals surface area contributed by atoms with Gasteiger partial charge in [0.15, 0.2) is 0 Å². The number of aromatic nitrogens is 2. The number of esters is 1. The number of fused-ring (bicyclic) bond motifs is 2. The molecule has 2 N–H and O–H groups in total. The molecule has 1 atom stereocenters. The van der Waals surface area contributed by atoms with Gasteiger partial charge in [-0.1, -0.05) is 30.3 Å². The molecule has 1 unspecified atom stereocenters. The molecule has 4 aromatic rings. The number of carbonyl (C=O) groups excluding carboxylic acids is 1. The molecule has 1 aliphatic carbocycles. The molecule has 0 saturated heterocycles. The Morgan fingerprint density at radius 2 is 1.81 bits per heavy atom. The van der Waals surface area contributed by atoms with E-state index in [1.165, 1.54) is 5.56 Å². The molecule has 37 heavy (non-hydrogen) atoms. The van der Waals surface area contributed by atoms with E-state index in [0.717, 1.165) is 29.7 Å². The van der Waals surface area contributed by atoms with Crippen LogP contribution in [0.2, 0.25) is 0 Å². The molecule has 190 valence electrons. The van der Waals surface area contributed by atoms with E-state index in [9.17, 15) is 9.59 Å². The average Bonchev–Trinajstić information content (AvgIpc) is 3.24. The van der Waals surface area contributed by atoms with E-state index in [0.29, 0.717) is 28.9 Å². The van der Waals surface area contributed by atoms with Crippen molar-refractivity contribution in [2.75, 3.05) is 5.32 Å². The zero-order valence-electron chi connectivity index (χ0n) is 21.3. The lowest BCUT2D eigenvalue weighted by Crippen LogP contribution is -2.23. The molecule has 7 nitrogen and oxygen atoms in total. The Hall–Kier alpha value is -3.97. The Morgan fingerprint density at radius 3 is 2.54 bits per heavy atom. The van der Waals surface area contributed by atoms with E-state index in [1.54, 1.807) is 12.1 Å². The lowest BCUT2D eigenvalue weighted by atomic mass is 10.0. The summed E-state index contributed by atoms with van der Waals surface area (Å²) in [5.41, 5.74) is 4.76. The molecule has 3 aromatic carbocycles. The van der Waals surface area contributed by atoms with Crippen LogP contribution >= 0.6 is 0 Å². The predicted molar refractivity (Wildman–Crippen MR) is 144 cm³/mol. The fraction of sp³-hybridized carbons (Fsp3) is 0.300. The van der Waals surface area contributed by atoms with Crippen molar-refractivity contribution in [3.63, 3.8) is 0 Å². The number of hydrogen-bond donors (Lipinski definition) is 2. The minimum Gasteiger partial charge on any atom is -0.456 e. The summed E-state index contributed by atoms with van der Waals surface area (Å²) in [6.07, 6.45) is 1.80. The highest BCUT2D eigenvalue weighted by molar-refractivity contribution is 5.90. The molecule has 0 radical (unpaired) electrons. The van der Waals surface area contributed by atoms with Crippen molar-refractivity contribution in [3.8, 4) is 0 Å². The normalized spacial score (nSPS) is 14.9. The number of nitrogens with zero attached hydrogens (tertiary/aromatic N) is 1. The van der Waals surface area contributed by atoms with Gasteiger partial charge in [-0.3, -0.25) is 4.79 Å². The van der Waals surface area contributed by atoms with E-state index < -0.39 is 5.60 Å². The molecule has 0 fully saturated rings. The largest absolute Gasteiger partial charge is 0.456 e. The number of benzene rings is 3. The minimum absolute atomic E-state index is 0.0695. The summed E-state index contributed by atoms with van der Waals surface area (Å²) < 4.78 is 11.2. The third-order valence-electron chi connectivity index (χ3n) is 6.30. The fourth-order valence-electron chi connectivity index (χ4n) is 4.59. The van der Waals surface area contributed by atoms with Crippen LogP contribution in [0.5, 0.6) is 0 Å². The van der Waals surface area contributed by atoms with Crippen LogP contribution < -0.4 is 10.9 Å². The molecule has 0 bridgehead atoms. The third-order valence-corrected chi connectivity index (χ3v) is 6.30. The number of nitrogens with one attached hydrogen (secondary N) is 2. The Balaban J connectivity index is 1.29. The highest BCUT2D eigenvalue weighted by Crippen LogP contribution is 2.35. The van der Waals surface area contributed by atoms with Gasteiger partial charge < -0.3 is 19.8 Å². The van der Waals surface area contributed by atoms with Crippen LogP contribution in [-0.2, 0) is 29.1 Å². The number of H-pyrrole nitrogens is 1. The van der Waals surface area contributed by atoms with Gasteiger partial charge in [0.1, 0.15) is 18.0 Å². The summed E-state index contributed by atoms with van der Waals surface area (Å²) >= 11 is 0. The first kappa shape index (κ1) is 24.7. The van der Waals surface area contributed by atoms with Crippen LogP contribution in [0.25, 0.3) is 10.9 Å². The minimum atomic E-state index is -0.535. The number of carbonyl (C=O) groups is 1. The van der Waals surface area contributed by atoms with Gasteiger partial charge in [0.05, 0.1) is 29.1 Å². The molecule has 1 aromatic heterocycles. The molecule has 5 rings (SSSR count). The molecular weight excluding hydrogens is 466 g/mol. The number of hydrogen-bond acceptors (Lipinski definition) is 6. The molecule has 1 aliphatic rings. The highest BCUT2D eigenvalue weighted by Gasteiger charge is 2.24. The van der Waals surface area contributed by atoms with E-state index in [4.69, 9.17) is 9.47 Å². The van der Waals surface area contributed by atoms with E-state index in [2.05, 4.69) is 15.3 Å². The number of anilines is 1. The van der Waals surface area contributed by atoms with Crippen LogP contribution in [0.15, 0.2) is 71.5 Å². The number of aromatic amines is 1. The summed E-state index contributed by atoms with van der Waals surface area (Å²) in [6, 6.07) is 21.2. The van der Waals surface area contributed by atoms with Crippen molar-refractivity contribution in [1.29, 1.82) is 0 Å². The van der Waals surface area contributed by atoms with Crippen LogP contribution in [0.4, 0.5) is 5.69 Å². The SMILES string of the molecule is CC(C)(C)OC(=O)c1ccc(NC2CCc3cc4nc(COCc5ccccc5)[nH]c(=O)c4cc32)cc1. The van der Waals surface area contributed by atoms with E-state index in [1.807, 2.05) is 75.4 Å². The smallest absolute Gasteiger partial charge is 0.338 e. The highest BCUT2D eigenvalue weighted by atomic mass is 16.6. The molecule has 0 aliphatic heterocycles. The van der Waals surface area contributed by atoms with Gasteiger partial charge in [-0.25, -0.2) is 9.78 Å². The lowest BCUT2D eigenvalue weighted by Gasteiger charge is -2.20. The number of ether oxygens (including phenoxy) is 2. The average molecular weight is 498 g/mol. The Bertz CT molecular complexity index is 1470. The van der Waals surface area contributed by atoms with Gasteiger partial charge in [0.2, 0.25) is 0 Å². The summed E-state index contributed by atoms with van der Waals surface area (Å²) in [6.45, 7) is 6.25. The van der Waals surface area contributed by atoms with Crippen LogP contribution in [0.1, 0.15) is 66.1 Å². The van der Waals surface area contributed by atoms with Crippen molar-refractivity contribution in [2.45, 2.75) is 58.5 Å². The lowest BCUT2D eigenvalue weighted by molar-refractivity contribution is 0.00695. The molecule has 1 heterocycles. The maximum absolute atomic E-state index is 12.9. The monoisotopic (exact) mass is 497 g/mol. The molecule has 0 saturated carbocycles. The number of aryl methyl sites for hydroxylation is 1. The zero-order valence-corrected chi connectivity index (χ0v) is 21.3. The van der Waals surface area contributed by atoms with Crippen LogP contribution in [0, 0.1) is 0 Å². The standard InChI is InChI=1S/C30H31N3O4/c1-30(2,3)37-29(35)20-9-12-22(13-10-20)31-25-14-11-21-15-26-24(16-23(21)25)28(34)33-27(32-26)18-36-17-19-7-5-4-6-8-19/h4-10,12-13,15-16,25,31H,11,14,17-18H2,1-3H3,(H,32,33,34). The second kappa shape index (κ2) is 10.2. The van der Waals surface area contributed by atoms with E-state index in [-0.39, 0.29) is 24.2 Å². The summed E-state index contributed by atoms with van der Waals surface area (Å²) in [5, 5.41) is 4.11. The molecular formula is C30H31N3O4. The van der Waals surface area contributed by atoms with Gasteiger partial charge in [-0.15, -0.1) is 0 Å². The predicted octanol–water partition coefficient (Wildman–Crippen LogP) is 5.69. The first-order valence-corrected chi connectivity index (χ1v) is 12.5. The quantitative estimate of drug-likeness (QED) is 0.319. The summed E-state index contributed by atoms with van der Waals surface area (Å²) in [5.74, 6) is 0.180. The molecule has 0 amide bonds. The van der Waals surface area contributed by atoms with E-state index >= 15 is 0 Å². The second-order valence-electron chi connectivity index (χ2n) is 10.4. The summed E-state index contributed by atoms with van der Waals surface area (Å²) in [4.78, 5) is 32.7. The number of rotatable bonds is 7. The first-order valence-electron chi connectivity index (χ1n) is 12.5. The van der Waals surface area contributed by atoms with Gasteiger partial charge in [-0.2, -0.15) is 0 Å². The van der Waals surface area contributed by atoms with Crippen LogP contribution in [0.3, 0.4) is 0 Å². The van der Waals surface area contributed by atoms with Crippen molar-refractivity contribution in [1.82, 2.24) is 9.97 Å². The van der Waals surface area contributed by atoms with Crippen molar-refractivity contribution < 1.29 is 14.3 Å². The Kier molecular flexibility index (Phi) is 6.80. The second-order valence-corrected chi connectivity index (χ2v) is 10.4. The summed E-state index contributed by atoms with van der Waals surface area (Å²) in [7, 11) is 0. The van der Waals surface area contributed by atoms with Crippen molar-refractivity contribution >= 4 is 22.6 Å². The Labute approximate surface area is 215 Å². The van der Waals surface area contributed by atoms with Gasteiger partial charge in [-0.05, 0) is 86.7 Å². The fourth-order valence-corrected chi connectivity index (χ4v) is 4.59. The van der Waals surface area contributed by atoms with Gasteiger partial charge >= 0.3 is 5.97 Å². The topological polar surface area (TPSA) is 93.3 Å². The first-order chi connectivity index (χ1) is 17.7. The molecule has 0 spiro atoms. The van der Waals surface area contributed by atoms with Crippen molar-refractivity contribution in [3.05, 3.63) is 105 Å². The van der Waals surface area contributed by atoms with Crippen LogP contribution in [-0.4, -0.2) is 21.5 Å². The van der Waals surface area contributed by atoms with Gasteiger partial charge in [0, 0.05) is 5.69 Å². The third kappa shape index (κ3) is 5.89. The Morgan fingerprint density at radius 1 is 1.05 bits per heavy atom.